The molecule has 1 aromatic rings. The number of anilines is 2. The molecule has 0 atom stereocenters. The quantitative estimate of drug-likeness (QED) is 0.710. The van der Waals surface area contributed by atoms with Gasteiger partial charge in [0.15, 0.2) is 0 Å². The van der Waals surface area contributed by atoms with Crippen LogP contribution in [0, 0.1) is 5.92 Å². The van der Waals surface area contributed by atoms with Gasteiger partial charge in [0.1, 0.15) is 0 Å². The number of hydrogen-bond donors (Lipinski definition) is 3. The van der Waals surface area contributed by atoms with E-state index < -0.39 is 5.91 Å². The molecule has 5 N–H and O–H groups in total. The lowest BCUT2D eigenvalue weighted by atomic mass is 9.97. The molecule has 1 aromatic carbocycles. The Morgan fingerprint density at radius 2 is 2.11 bits per heavy atom. The van der Waals surface area contributed by atoms with Gasteiger partial charge in [-0.2, -0.15) is 0 Å². The largest absolute Gasteiger partial charge is 0.398 e. The zero-order chi connectivity index (χ0) is 13.8. The van der Waals surface area contributed by atoms with Crippen LogP contribution in [0.5, 0.6) is 0 Å². The van der Waals surface area contributed by atoms with Crippen molar-refractivity contribution in [2.24, 2.45) is 11.7 Å². The van der Waals surface area contributed by atoms with Crippen LogP contribution < -0.4 is 16.8 Å². The maximum atomic E-state index is 11.2. The number of carbonyl (C=O) groups excluding carboxylic acids is 1. The van der Waals surface area contributed by atoms with Crippen LogP contribution in [0.25, 0.3) is 0 Å². The Morgan fingerprint density at radius 3 is 2.74 bits per heavy atom. The van der Waals surface area contributed by atoms with Crippen molar-refractivity contribution in [2.75, 3.05) is 37.7 Å². The summed E-state index contributed by atoms with van der Waals surface area (Å²) in [4.78, 5) is 13.6. The first-order valence-electron chi connectivity index (χ1n) is 6.68. The first-order chi connectivity index (χ1) is 9.06. The number of nitrogen functional groups attached to an aromatic ring is 1. The summed E-state index contributed by atoms with van der Waals surface area (Å²) in [6, 6.07) is 5.33. The van der Waals surface area contributed by atoms with Gasteiger partial charge in [0.2, 0.25) is 0 Å². The minimum Gasteiger partial charge on any atom is -0.398 e. The second-order valence-corrected chi connectivity index (χ2v) is 5.29. The highest BCUT2D eigenvalue weighted by Crippen LogP contribution is 2.20. The van der Waals surface area contributed by atoms with E-state index in [1.54, 1.807) is 12.1 Å². The number of piperidine rings is 1. The first-order valence-corrected chi connectivity index (χ1v) is 6.68. The van der Waals surface area contributed by atoms with Crippen LogP contribution in [0.4, 0.5) is 11.4 Å². The predicted molar refractivity (Wildman–Crippen MR) is 78.1 cm³/mol. The Labute approximate surface area is 113 Å². The van der Waals surface area contributed by atoms with E-state index in [9.17, 15) is 4.79 Å². The molecular weight excluding hydrogens is 240 g/mol. The van der Waals surface area contributed by atoms with Crippen molar-refractivity contribution in [3.8, 4) is 0 Å². The zero-order valence-corrected chi connectivity index (χ0v) is 11.4. The molecule has 5 nitrogen and oxygen atoms in total. The molecule has 2 rings (SSSR count). The van der Waals surface area contributed by atoms with E-state index in [0.717, 1.165) is 25.3 Å². The van der Waals surface area contributed by atoms with Gasteiger partial charge in [-0.25, -0.2) is 0 Å². The number of nitrogens with two attached hydrogens (primary N) is 2. The van der Waals surface area contributed by atoms with Gasteiger partial charge < -0.3 is 21.7 Å². The van der Waals surface area contributed by atoms with Gasteiger partial charge in [-0.3, -0.25) is 4.79 Å². The molecule has 19 heavy (non-hydrogen) atoms. The van der Waals surface area contributed by atoms with Crippen molar-refractivity contribution >= 4 is 17.3 Å². The number of hydrogen-bond acceptors (Lipinski definition) is 4. The third-order valence-corrected chi connectivity index (χ3v) is 3.75. The molecule has 1 fully saturated rings. The Balaban J connectivity index is 1.92. The number of benzene rings is 1. The molecule has 1 amide bonds. The second kappa shape index (κ2) is 5.93. The van der Waals surface area contributed by atoms with Gasteiger partial charge in [0.25, 0.3) is 5.91 Å². The fourth-order valence-corrected chi connectivity index (χ4v) is 2.41. The number of carbonyl (C=O) groups is 1. The Hall–Kier alpha value is -1.75. The van der Waals surface area contributed by atoms with Crippen LogP contribution in [0.3, 0.4) is 0 Å². The third-order valence-electron chi connectivity index (χ3n) is 3.75. The lowest BCUT2D eigenvalue weighted by Gasteiger charge is -2.29. The number of nitrogens with one attached hydrogen (secondary N) is 1. The molecule has 1 heterocycles. The highest BCUT2D eigenvalue weighted by molar-refractivity contribution is 5.98. The monoisotopic (exact) mass is 262 g/mol. The van der Waals surface area contributed by atoms with E-state index in [2.05, 4.69) is 17.3 Å². The van der Waals surface area contributed by atoms with Gasteiger partial charge in [0, 0.05) is 17.9 Å². The number of amides is 1. The van der Waals surface area contributed by atoms with Crippen molar-refractivity contribution in [1.29, 1.82) is 0 Å². The molecule has 0 unspecified atom stereocenters. The smallest absolute Gasteiger partial charge is 0.250 e. The summed E-state index contributed by atoms with van der Waals surface area (Å²) < 4.78 is 0. The summed E-state index contributed by atoms with van der Waals surface area (Å²) in [5.41, 5.74) is 12.7. The topological polar surface area (TPSA) is 84.4 Å². The van der Waals surface area contributed by atoms with Gasteiger partial charge >= 0.3 is 0 Å². The van der Waals surface area contributed by atoms with Gasteiger partial charge in [-0.05, 0) is 57.1 Å². The predicted octanol–water partition coefficient (Wildman–Crippen LogP) is 1.12. The molecule has 0 bridgehead atoms. The third kappa shape index (κ3) is 3.61. The van der Waals surface area contributed by atoms with Crippen molar-refractivity contribution in [1.82, 2.24) is 4.90 Å². The normalized spacial score (nSPS) is 17.3. The number of primary amides is 1. The number of likely N-dealkylation sites (tertiary alicyclic amines) is 1. The lowest BCUT2D eigenvalue weighted by molar-refractivity contribution is 0.100. The molecule has 0 saturated carbocycles. The fourth-order valence-electron chi connectivity index (χ4n) is 2.41. The summed E-state index contributed by atoms with van der Waals surface area (Å²) in [5, 5.41) is 3.37. The summed E-state index contributed by atoms with van der Waals surface area (Å²) in [6.07, 6.45) is 2.42. The van der Waals surface area contributed by atoms with Crippen LogP contribution in [0.15, 0.2) is 18.2 Å². The Kier molecular flexibility index (Phi) is 4.27. The van der Waals surface area contributed by atoms with E-state index in [1.165, 1.54) is 12.8 Å². The van der Waals surface area contributed by atoms with Gasteiger partial charge in [-0.1, -0.05) is 0 Å². The summed E-state index contributed by atoms with van der Waals surface area (Å²) in [5.74, 6) is 0.200. The summed E-state index contributed by atoms with van der Waals surface area (Å²) >= 11 is 0. The van der Waals surface area contributed by atoms with E-state index in [-0.39, 0.29) is 0 Å². The van der Waals surface area contributed by atoms with E-state index >= 15 is 0 Å². The van der Waals surface area contributed by atoms with Crippen LogP contribution >= 0.6 is 0 Å². The van der Waals surface area contributed by atoms with E-state index in [0.29, 0.717) is 17.2 Å². The molecule has 0 spiro atoms. The van der Waals surface area contributed by atoms with Gasteiger partial charge in [-0.15, -0.1) is 0 Å². The summed E-state index contributed by atoms with van der Waals surface area (Å²) in [7, 11) is 2.16. The van der Waals surface area contributed by atoms with Crippen LogP contribution in [0.1, 0.15) is 23.2 Å². The van der Waals surface area contributed by atoms with E-state index in [4.69, 9.17) is 11.5 Å². The highest BCUT2D eigenvalue weighted by Gasteiger charge is 2.16. The van der Waals surface area contributed by atoms with Gasteiger partial charge in [0.05, 0.1) is 5.56 Å². The minimum absolute atomic E-state index is 0.383. The maximum Gasteiger partial charge on any atom is 0.250 e. The molecule has 1 aliphatic rings. The average Bonchev–Trinajstić information content (AvgIpc) is 2.39. The van der Waals surface area contributed by atoms with Crippen LogP contribution in [-0.2, 0) is 0 Å². The van der Waals surface area contributed by atoms with Crippen LogP contribution in [0.2, 0.25) is 0 Å². The van der Waals surface area contributed by atoms with Crippen molar-refractivity contribution < 1.29 is 4.79 Å². The first kappa shape index (κ1) is 13.7. The molecule has 0 aromatic heterocycles. The minimum atomic E-state index is -0.486. The number of nitrogens with zero attached hydrogens (tertiary/aromatic N) is 1. The average molecular weight is 262 g/mol. The van der Waals surface area contributed by atoms with E-state index in [1.807, 2.05) is 6.07 Å². The molecular formula is C14H22N4O. The second-order valence-electron chi connectivity index (χ2n) is 5.29. The SMILES string of the molecule is CN1CCC(CNc2ccc(N)c(C(N)=O)c2)CC1. The standard InChI is InChI=1S/C14H22N4O/c1-18-6-4-10(5-7-18)9-17-11-2-3-13(15)12(8-11)14(16)19/h2-3,8,10,17H,4-7,9,15H2,1H3,(H2,16,19). The maximum absolute atomic E-state index is 11.2. The highest BCUT2D eigenvalue weighted by atomic mass is 16.1. The molecule has 1 aliphatic heterocycles. The number of rotatable bonds is 4. The molecule has 104 valence electrons. The van der Waals surface area contributed by atoms with Crippen molar-refractivity contribution in [3.63, 3.8) is 0 Å². The molecule has 5 heteroatoms. The zero-order valence-electron chi connectivity index (χ0n) is 11.4. The lowest BCUT2D eigenvalue weighted by Crippen LogP contribution is -2.33. The van der Waals surface area contributed by atoms with Crippen molar-refractivity contribution in [2.45, 2.75) is 12.8 Å². The summed E-state index contributed by atoms with van der Waals surface area (Å²) in [6.45, 7) is 3.23. The van der Waals surface area contributed by atoms with Crippen molar-refractivity contribution in [3.05, 3.63) is 23.8 Å². The molecule has 0 radical (unpaired) electrons. The van der Waals surface area contributed by atoms with Crippen LogP contribution in [-0.4, -0.2) is 37.5 Å². The Bertz CT molecular complexity index is 453. The molecule has 1 saturated heterocycles. The Morgan fingerprint density at radius 1 is 1.42 bits per heavy atom. The fraction of sp³-hybridized carbons (Fsp3) is 0.500. The molecule has 0 aliphatic carbocycles.